The quantitative estimate of drug-likeness (QED) is 0.247. The van der Waals surface area contributed by atoms with Crippen LogP contribution in [-0.2, 0) is 6.54 Å². The SMILES string of the molecule is Cc1ccc(NC(=O)c2ccc(CN3CCN(C)CC3)cc2)cc1Nc1nccc(-c2cncc(-c3ccccn3)c2)n1. The number of benzene rings is 2. The van der Waals surface area contributed by atoms with E-state index in [0.717, 1.165) is 66.5 Å². The molecule has 0 aliphatic carbocycles. The summed E-state index contributed by atoms with van der Waals surface area (Å²) in [6.45, 7) is 7.20. The summed E-state index contributed by atoms with van der Waals surface area (Å²) in [5.74, 6) is 0.294. The van der Waals surface area contributed by atoms with Crippen LogP contribution < -0.4 is 10.6 Å². The second-order valence-electron chi connectivity index (χ2n) is 10.8. The summed E-state index contributed by atoms with van der Waals surface area (Å²) in [6.07, 6.45) is 7.04. The molecule has 2 N–H and O–H groups in total. The van der Waals surface area contributed by atoms with Gasteiger partial charge >= 0.3 is 0 Å². The molecule has 0 unspecified atom stereocenters. The van der Waals surface area contributed by atoms with E-state index in [4.69, 9.17) is 4.98 Å². The second kappa shape index (κ2) is 12.9. The molecule has 0 radical (unpaired) electrons. The number of amides is 1. The van der Waals surface area contributed by atoms with Gasteiger partial charge in [-0.05, 0) is 73.6 Å². The largest absolute Gasteiger partial charge is 0.324 e. The maximum absolute atomic E-state index is 13.1. The summed E-state index contributed by atoms with van der Waals surface area (Å²) in [4.78, 5) is 35.8. The van der Waals surface area contributed by atoms with Crippen LogP contribution in [0.25, 0.3) is 22.5 Å². The first-order valence-electron chi connectivity index (χ1n) is 14.4. The second-order valence-corrected chi connectivity index (χ2v) is 10.8. The molecular weight excluding hydrogens is 536 g/mol. The molecule has 1 aliphatic rings. The topological polar surface area (TPSA) is 99.2 Å². The summed E-state index contributed by atoms with van der Waals surface area (Å²) < 4.78 is 0. The van der Waals surface area contributed by atoms with E-state index in [2.05, 4.69) is 42.4 Å². The van der Waals surface area contributed by atoms with E-state index >= 15 is 0 Å². The predicted molar refractivity (Wildman–Crippen MR) is 170 cm³/mol. The molecule has 0 atom stereocenters. The molecule has 5 aromatic rings. The van der Waals surface area contributed by atoms with Crippen LogP contribution in [0.3, 0.4) is 0 Å². The minimum atomic E-state index is -0.153. The summed E-state index contributed by atoms with van der Waals surface area (Å²) >= 11 is 0. The van der Waals surface area contributed by atoms with Gasteiger partial charge in [-0.15, -0.1) is 0 Å². The van der Waals surface area contributed by atoms with Crippen LogP contribution in [0.5, 0.6) is 0 Å². The van der Waals surface area contributed by atoms with E-state index in [1.165, 1.54) is 5.56 Å². The summed E-state index contributed by atoms with van der Waals surface area (Å²) in [7, 11) is 2.16. The van der Waals surface area contributed by atoms with Crippen molar-refractivity contribution in [3.05, 3.63) is 114 Å². The Morgan fingerprint density at radius 2 is 1.63 bits per heavy atom. The van der Waals surface area contributed by atoms with Gasteiger partial charge in [-0.3, -0.25) is 19.7 Å². The first-order chi connectivity index (χ1) is 21.0. The number of piperazine rings is 1. The minimum Gasteiger partial charge on any atom is -0.324 e. The summed E-state index contributed by atoms with van der Waals surface area (Å²) in [6, 6.07) is 23.3. The Morgan fingerprint density at radius 3 is 2.40 bits per heavy atom. The Bertz CT molecular complexity index is 1700. The van der Waals surface area contributed by atoms with Crippen molar-refractivity contribution in [1.82, 2.24) is 29.7 Å². The van der Waals surface area contributed by atoms with Crippen LogP contribution in [0.15, 0.2) is 97.6 Å². The van der Waals surface area contributed by atoms with Gasteiger partial charge in [0.1, 0.15) is 0 Å². The van der Waals surface area contributed by atoms with Crippen molar-refractivity contribution in [2.75, 3.05) is 43.9 Å². The van der Waals surface area contributed by atoms with Crippen LogP contribution in [0, 0.1) is 6.92 Å². The molecule has 9 heteroatoms. The van der Waals surface area contributed by atoms with Crippen LogP contribution in [-0.4, -0.2) is 68.9 Å². The lowest BCUT2D eigenvalue weighted by molar-refractivity contribution is 0.102. The lowest BCUT2D eigenvalue weighted by Crippen LogP contribution is -2.43. The van der Waals surface area contributed by atoms with Crippen LogP contribution in [0.2, 0.25) is 0 Å². The Kier molecular flexibility index (Phi) is 8.44. The molecule has 0 saturated carbocycles. The highest BCUT2D eigenvalue weighted by Crippen LogP contribution is 2.26. The summed E-state index contributed by atoms with van der Waals surface area (Å²) in [5.41, 5.74) is 7.68. The zero-order valence-electron chi connectivity index (χ0n) is 24.4. The normalized spacial score (nSPS) is 13.9. The number of carbonyl (C=O) groups is 1. The third-order valence-corrected chi connectivity index (χ3v) is 7.61. The molecule has 43 heavy (non-hydrogen) atoms. The average Bonchev–Trinajstić information content (AvgIpc) is 3.05. The standard InChI is InChI=1S/C34H34N8O/c1-24-6-11-29(38-33(43)26-9-7-25(8-10-26)23-42-17-15-41(2)16-18-42)20-32(24)40-34-37-14-12-31(39-34)28-19-27(21-35-22-28)30-5-3-4-13-36-30/h3-14,19-22H,15-18,23H2,1-2H3,(H,38,43)(H,37,39,40). The number of aromatic nitrogens is 4. The van der Waals surface area contributed by atoms with Crippen LogP contribution in [0.4, 0.5) is 17.3 Å². The van der Waals surface area contributed by atoms with E-state index in [-0.39, 0.29) is 5.91 Å². The van der Waals surface area contributed by atoms with Crippen molar-refractivity contribution in [3.8, 4) is 22.5 Å². The van der Waals surface area contributed by atoms with Crippen molar-refractivity contribution in [3.63, 3.8) is 0 Å². The number of hydrogen-bond acceptors (Lipinski definition) is 8. The third-order valence-electron chi connectivity index (χ3n) is 7.61. The van der Waals surface area contributed by atoms with Gasteiger partial charge < -0.3 is 15.5 Å². The lowest BCUT2D eigenvalue weighted by Gasteiger charge is -2.32. The Balaban J connectivity index is 1.12. The van der Waals surface area contributed by atoms with Gasteiger partial charge in [-0.2, -0.15) is 0 Å². The number of nitrogens with zero attached hydrogens (tertiary/aromatic N) is 6. The van der Waals surface area contributed by atoms with E-state index < -0.39 is 0 Å². The molecule has 3 aromatic heterocycles. The predicted octanol–water partition coefficient (Wildman–Crippen LogP) is 5.65. The molecule has 6 rings (SSSR count). The number of aryl methyl sites for hydroxylation is 1. The molecule has 0 bridgehead atoms. The van der Waals surface area contributed by atoms with Crippen molar-refractivity contribution < 1.29 is 4.79 Å². The molecule has 1 saturated heterocycles. The van der Waals surface area contributed by atoms with E-state index in [1.54, 1.807) is 24.8 Å². The number of pyridine rings is 2. The van der Waals surface area contributed by atoms with E-state index in [1.807, 2.05) is 79.7 Å². The summed E-state index contributed by atoms with van der Waals surface area (Å²) in [5, 5.41) is 6.34. The van der Waals surface area contributed by atoms with Crippen LogP contribution >= 0.6 is 0 Å². The zero-order valence-corrected chi connectivity index (χ0v) is 24.4. The molecule has 0 spiro atoms. The smallest absolute Gasteiger partial charge is 0.255 e. The highest BCUT2D eigenvalue weighted by atomic mass is 16.1. The van der Waals surface area contributed by atoms with Crippen molar-refractivity contribution in [2.45, 2.75) is 13.5 Å². The third kappa shape index (κ3) is 7.09. The van der Waals surface area contributed by atoms with Gasteiger partial charge in [0.15, 0.2) is 0 Å². The van der Waals surface area contributed by atoms with Crippen molar-refractivity contribution in [2.24, 2.45) is 0 Å². The van der Waals surface area contributed by atoms with Crippen LogP contribution in [0.1, 0.15) is 21.5 Å². The molecule has 2 aromatic carbocycles. The van der Waals surface area contributed by atoms with E-state index in [0.29, 0.717) is 17.2 Å². The fourth-order valence-electron chi connectivity index (χ4n) is 5.02. The van der Waals surface area contributed by atoms with Crippen molar-refractivity contribution >= 4 is 23.2 Å². The molecule has 1 amide bonds. The Morgan fingerprint density at radius 1 is 0.837 bits per heavy atom. The zero-order chi connectivity index (χ0) is 29.6. The number of hydrogen-bond donors (Lipinski definition) is 2. The van der Waals surface area contributed by atoms with Crippen molar-refractivity contribution in [1.29, 1.82) is 0 Å². The lowest BCUT2D eigenvalue weighted by atomic mass is 10.1. The molecule has 4 heterocycles. The number of carbonyl (C=O) groups excluding carboxylic acids is 1. The number of likely N-dealkylation sites (N-methyl/N-ethyl adjacent to an activating group) is 1. The molecule has 216 valence electrons. The highest BCUT2D eigenvalue weighted by molar-refractivity contribution is 6.04. The fraction of sp³-hybridized carbons (Fsp3) is 0.206. The number of anilines is 3. The first kappa shape index (κ1) is 28.1. The van der Waals surface area contributed by atoms with Gasteiger partial charge in [-0.25, -0.2) is 9.97 Å². The maximum atomic E-state index is 13.1. The first-order valence-corrected chi connectivity index (χ1v) is 14.4. The highest BCUT2D eigenvalue weighted by Gasteiger charge is 2.15. The van der Waals surface area contributed by atoms with Gasteiger partial charge in [0.25, 0.3) is 5.91 Å². The molecule has 1 aliphatic heterocycles. The Labute approximate surface area is 251 Å². The molecule has 1 fully saturated rings. The van der Waals surface area contributed by atoms with Gasteiger partial charge in [0.2, 0.25) is 5.95 Å². The molecular formula is C34H34N8O. The van der Waals surface area contributed by atoms with Gasteiger partial charge in [0.05, 0.1) is 11.4 Å². The number of nitrogens with one attached hydrogen (secondary N) is 2. The van der Waals surface area contributed by atoms with Gasteiger partial charge in [-0.1, -0.05) is 24.3 Å². The monoisotopic (exact) mass is 570 g/mol. The average molecular weight is 571 g/mol. The fourth-order valence-corrected chi connectivity index (χ4v) is 5.02. The van der Waals surface area contributed by atoms with E-state index in [9.17, 15) is 4.79 Å². The minimum absolute atomic E-state index is 0.153. The molecule has 9 nitrogen and oxygen atoms in total. The number of rotatable bonds is 8. The Hall–Kier alpha value is -4.99. The maximum Gasteiger partial charge on any atom is 0.255 e. The van der Waals surface area contributed by atoms with Gasteiger partial charge in [0, 0.05) is 85.6 Å².